The number of amides is 1. The van der Waals surface area contributed by atoms with Gasteiger partial charge in [0.05, 0.1) is 17.7 Å². The fourth-order valence-electron chi connectivity index (χ4n) is 2.44. The molecule has 0 bridgehead atoms. The van der Waals surface area contributed by atoms with Gasteiger partial charge in [0.1, 0.15) is 5.76 Å². The predicted molar refractivity (Wildman–Crippen MR) is 89.6 cm³/mol. The highest BCUT2D eigenvalue weighted by Gasteiger charge is 2.20. The molecule has 0 spiro atoms. The molecule has 0 atom stereocenters. The molecule has 0 saturated heterocycles. The van der Waals surface area contributed by atoms with Gasteiger partial charge in [0, 0.05) is 36.6 Å². The van der Waals surface area contributed by atoms with Gasteiger partial charge in [-0.25, -0.2) is 0 Å². The van der Waals surface area contributed by atoms with Gasteiger partial charge in [-0.3, -0.25) is 19.9 Å². The summed E-state index contributed by atoms with van der Waals surface area (Å²) in [7, 11) is 0. The molecular weight excluding hydrogens is 322 g/mol. The molecule has 0 saturated carbocycles. The van der Waals surface area contributed by atoms with Crippen molar-refractivity contribution in [2.45, 2.75) is 13.1 Å². The number of rotatable bonds is 6. The van der Waals surface area contributed by atoms with Crippen molar-refractivity contribution in [3.8, 4) is 0 Å². The molecule has 126 valence electrons. The van der Waals surface area contributed by atoms with Crippen LogP contribution >= 0.6 is 0 Å². The third-order valence-corrected chi connectivity index (χ3v) is 3.61. The Hall–Kier alpha value is -3.48. The summed E-state index contributed by atoms with van der Waals surface area (Å²) >= 11 is 0. The van der Waals surface area contributed by atoms with Crippen molar-refractivity contribution >= 4 is 11.6 Å². The number of furan rings is 1. The first-order chi connectivity index (χ1) is 12.1. The topological polar surface area (TPSA) is 89.5 Å². The van der Waals surface area contributed by atoms with Crippen LogP contribution in [-0.2, 0) is 13.1 Å². The fraction of sp³-hybridized carbons (Fsp3) is 0.111. The van der Waals surface area contributed by atoms with Crippen LogP contribution < -0.4 is 0 Å². The molecule has 0 aliphatic carbocycles. The molecule has 2 heterocycles. The Morgan fingerprint density at radius 1 is 1.16 bits per heavy atom. The predicted octanol–water partition coefficient (Wildman–Crippen LogP) is 3.43. The number of nitro benzene ring substituents is 1. The van der Waals surface area contributed by atoms with Gasteiger partial charge in [-0.1, -0.05) is 12.1 Å². The van der Waals surface area contributed by atoms with Gasteiger partial charge in [-0.15, -0.1) is 0 Å². The lowest BCUT2D eigenvalue weighted by atomic mass is 10.1. The Balaban J connectivity index is 1.88. The number of hydrogen-bond donors (Lipinski definition) is 0. The van der Waals surface area contributed by atoms with Crippen molar-refractivity contribution in [3.05, 3.63) is 94.2 Å². The van der Waals surface area contributed by atoms with Gasteiger partial charge in [0.15, 0.2) is 0 Å². The van der Waals surface area contributed by atoms with Crippen LogP contribution in [0.1, 0.15) is 21.7 Å². The summed E-state index contributed by atoms with van der Waals surface area (Å²) < 4.78 is 5.33. The number of nitro groups is 1. The fourth-order valence-corrected chi connectivity index (χ4v) is 2.44. The van der Waals surface area contributed by atoms with E-state index in [0.717, 1.165) is 5.56 Å². The van der Waals surface area contributed by atoms with Crippen molar-refractivity contribution in [3.63, 3.8) is 0 Å². The molecule has 7 heteroatoms. The summed E-state index contributed by atoms with van der Waals surface area (Å²) in [5.74, 6) is 0.312. The van der Waals surface area contributed by atoms with E-state index in [-0.39, 0.29) is 23.7 Å². The van der Waals surface area contributed by atoms with E-state index in [1.165, 1.54) is 24.5 Å². The van der Waals surface area contributed by atoms with E-state index in [1.54, 1.807) is 41.6 Å². The zero-order chi connectivity index (χ0) is 17.6. The molecular formula is C18H15N3O4. The van der Waals surface area contributed by atoms with Crippen LogP contribution in [0, 0.1) is 10.1 Å². The lowest BCUT2D eigenvalue weighted by Gasteiger charge is -2.21. The highest BCUT2D eigenvalue weighted by Crippen LogP contribution is 2.18. The average Bonchev–Trinajstić information content (AvgIpc) is 3.14. The van der Waals surface area contributed by atoms with Crippen LogP contribution in [0.25, 0.3) is 0 Å². The minimum Gasteiger partial charge on any atom is -0.467 e. The van der Waals surface area contributed by atoms with E-state index < -0.39 is 4.92 Å². The minimum atomic E-state index is -0.519. The van der Waals surface area contributed by atoms with Gasteiger partial charge < -0.3 is 9.32 Å². The average molecular weight is 337 g/mol. The monoisotopic (exact) mass is 337 g/mol. The van der Waals surface area contributed by atoms with Gasteiger partial charge in [0.2, 0.25) is 0 Å². The van der Waals surface area contributed by atoms with Crippen LogP contribution in [-0.4, -0.2) is 20.7 Å². The summed E-state index contributed by atoms with van der Waals surface area (Å²) in [6, 6.07) is 12.9. The molecule has 0 N–H and O–H groups in total. The molecule has 0 fully saturated rings. The zero-order valence-electron chi connectivity index (χ0n) is 13.2. The first-order valence-corrected chi connectivity index (χ1v) is 7.58. The zero-order valence-corrected chi connectivity index (χ0v) is 13.2. The van der Waals surface area contributed by atoms with E-state index in [9.17, 15) is 14.9 Å². The molecule has 3 aromatic rings. The van der Waals surface area contributed by atoms with Crippen LogP contribution in [0.4, 0.5) is 5.69 Å². The Kier molecular flexibility index (Phi) is 4.84. The van der Waals surface area contributed by atoms with Gasteiger partial charge >= 0.3 is 0 Å². The number of aromatic nitrogens is 1. The molecule has 1 amide bonds. The summed E-state index contributed by atoms with van der Waals surface area (Å²) in [5.41, 5.74) is 0.989. The van der Waals surface area contributed by atoms with Crippen molar-refractivity contribution in [1.29, 1.82) is 0 Å². The molecule has 25 heavy (non-hydrogen) atoms. The smallest absolute Gasteiger partial charge is 0.270 e. The Labute approximate surface area is 143 Å². The SMILES string of the molecule is O=C(c1cccc([N+](=O)[O-])c1)N(Cc1cccnc1)Cc1ccco1. The van der Waals surface area contributed by atoms with Crippen molar-refractivity contribution in [2.75, 3.05) is 0 Å². The summed E-state index contributed by atoms with van der Waals surface area (Å²) in [5, 5.41) is 11.0. The first kappa shape index (κ1) is 16.4. The maximum atomic E-state index is 12.9. The molecule has 7 nitrogen and oxygen atoms in total. The second-order valence-corrected chi connectivity index (χ2v) is 5.41. The number of carbonyl (C=O) groups is 1. The largest absolute Gasteiger partial charge is 0.467 e. The number of carbonyl (C=O) groups excluding carboxylic acids is 1. The van der Waals surface area contributed by atoms with Crippen molar-refractivity contribution in [1.82, 2.24) is 9.88 Å². The molecule has 0 aliphatic rings. The number of benzene rings is 1. The standard InChI is InChI=1S/C18H15N3O4/c22-18(15-5-1-6-16(10-15)21(23)24)20(13-17-7-3-9-25-17)12-14-4-2-8-19-11-14/h1-11H,12-13H2. The van der Waals surface area contributed by atoms with E-state index in [4.69, 9.17) is 4.42 Å². The number of nitrogens with zero attached hydrogens (tertiary/aromatic N) is 3. The third kappa shape index (κ3) is 4.08. The highest BCUT2D eigenvalue weighted by atomic mass is 16.6. The normalized spacial score (nSPS) is 10.4. The van der Waals surface area contributed by atoms with Crippen LogP contribution in [0.2, 0.25) is 0 Å². The lowest BCUT2D eigenvalue weighted by molar-refractivity contribution is -0.384. The first-order valence-electron chi connectivity index (χ1n) is 7.58. The summed E-state index contributed by atoms with van der Waals surface area (Å²) in [6.07, 6.45) is 4.87. The minimum absolute atomic E-state index is 0.120. The number of hydrogen-bond acceptors (Lipinski definition) is 5. The molecule has 0 aliphatic heterocycles. The molecule has 0 unspecified atom stereocenters. The lowest BCUT2D eigenvalue weighted by Crippen LogP contribution is -2.30. The van der Waals surface area contributed by atoms with Gasteiger partial charge in [-0.2, -0.15) is 0 Å². The van der Waals surface area contributed by atoms with E-state index in [2.05, 4.69) is 4.98 Å². The van der Waals surface area contributed by atoms with Gasteiger partial charge in [-0.05, 0) is 29.8 Å². The molecule has 2 aromatic heterocycles. The number of non-ortho nitro benzene ring substituents is 1. The number of pyridine rings is 1. The second kappa shape index (κ2) is 7.39. The van der Waals surface area contributed by atoms with Crippen LogP contribution in [0.15, 0.2) is 71.6 Å². The van der Waals surface area contributed by atoms with E-state index >= 15 is 0 Å². The van der Waals surface area contributed by atoms with E-state index in [0.29, 0.717) is 12.3 Å². The Morgan fingerprint density at radius 3 is 2.72 bits per heavy atom. The Morgan fingerprint density at radius 2 is 2.04 bits per heavy atom. The Bertz CT molecular complexity index is 863. The molecule has 1 aromatic carbocycles. The third-order valence-electron chi connectivity index (χ3n) is 3.61. The summed E-state index contributed by atoms with van der Waals surface area (Å²) in [6.45, 7) is 0.569. The maximum absolute atomic E-state index is 12.9. The van der Waals surface area contributed by atoms with Crippen molar-refractivity contribution < 1.29 is 14.1 Å². The van der Waals surface area contributed by atoms with Crippen LogP contribution in [0.3, 0.4) is 0 Å². The van der Waals surface area contributed by atoms with Crippen LogP contribution in [0.5, 0.6) is 0 Å². The maximum Gasteiger partial charge on any atom is 0.270 e. The van der Waals surface area contributed by atoms with Crippen molar-refractivity contribution in [2.24, 2.45) is 0 Å². The second-order valence-electron chi connectivity index (χ2n) is 5.41. The molecule has 3 rings (SSSR count). The van der Waals surface area contributed by atoms with E-state index in [1.807, 2.05) is 6.07 Å². The quantitative estimate of drug-likeness (QED) is 0.508. The van der Waals surface area contributed by atoms with Gasteiger partial charge in [0.25, 0.3) is 11.6 Å². The molecule has 0 radical (unpaired) electrons. The summed E-state index contributed by atoms with van der Waals surface area (Å²) in [4.78, 5) is 28.9. The highest BCUT2D eigenvalue weighted by molar-refractivity contribution is 5.94.